The highest BCUT2D eigenvalue weighted by molar-refractivity contribution is 8.00. The van der Waals surface area contributed by atoms with Gasteiger partial charge in [-0.3, -0.25) is 14.2 Å². The number of carbonyl (C=O) groups excluding carboxylic acids is 1. The molecular formula is C24H23N3O2S2. The van der Waals surface area contributed by atoms with E-state index in [0.717, 1.165) is 16.0 Å². The van der Waals surface area contributed by atoms with Crippen molar-refractivity contribution in [2.24, 2.45) is 0 Å². The van der Waals surface area contributed by atoms with E-state index in [0.29, 0.717) is 21.9 Å². The average molecular weight is 450 g/mol. The summed E-state index contributed by atoms with van der Waals surface area (Å²) in [6.45, 7) is 2.26. The molecule has 1 amide bonds. The van der Waals surface area contributed by atoms with Gasteiger partial charge in [-0.15, -0.1) is 11.3 Å². The summed E-state index contributed by atoms with van der Waals surface area (Å²) in [5, 5.41) is 0.204. The van der Waals surface area contributed by atoms with Crippen LogP contribution >= 0.6 is 23.1 Å². The minimum Gasteiger partial charge on any atom is -0.348 e. The predicted octanol–water partition coefficient (Wildman–Crippen LogP) is 4.74. The van der Waals surface area contributed by atoms with Gasteiger partial charge < -0.3 is 4.90 Å². The number of hydrogen-bond donors (Lipinski definition) is 0. The molecule has 2 aromatic heterocycles. The van der Waals surface area contributed by atoms with Crippen LogP contribution in [0.25, 0.3) is 20.7 Å². The molecule has 158 valence electrons. The molecule has 0 saturated carbocycles. The van der Waals surface area contributed by atoms with Crippen LogP contribution in [0, 0.1) is 0 Å². The number of thioether (sulfide) groups is 1. The zero-order valence-electron chi connectivity index (χ0n) is 17.6. The van der Waals surface area contributed by atoms with Crippen LogP contribution in [0.1, 0.15) is 12.5 Å². The number of rotatable bonds is 6. The number of carbonyl (C=O) groups is 1. The molecule has 5 nitrogen and oxygen atoms in total. The molecule has 0 spiro atoms. The van der Waals surface area contributed by atoms with Gasteiger partial charge in [0.25, 0.3) is 5.56 Å². The minimum absolute atomic E-state index is 0.0131. The SMILES string of the molecule is CC(Sc1nc2cc(-c3ccccc3)sc2c(=O)n1Cc1ccccc1)C(=O)N(C)C. The molecule has 0 aliphatic rings. The average Bonchev–Trinajstić information content (AvgIpc) is 3.21. The summed E-state index contributed by atoms with van der Waals surface area (Å²) in [6.07, 6.45) is 0. The third-order valence-corrected chi connectivity index (χ3v) is 7.15. The fraction of sp³-hybridized carbons (Fsp3) is 0.208. The van der Waals surface area contributed by atoms with E-state index < -0.39 is 0 Å². The number of fused-ring (bicyclic) bond motifs is 1. The number of nitrogens with zero attached hydrogens (tertiary/aromatic N) is 3. The van der Waals surface area contributed by atoms with Crippen molar-refractivity contribution in [3.05, 3.63) is 82.6 Å². The Morgan fingerprint density at radius 3 is 2.39 bits per heavy atom. The van der Waals surface area contributed by atoms with Crippen LogP contribution < -0.4 is 5.56 Å². The normalized spacial score (nSPS) is 12.1. The summed E-state index contributed by atoms with van der Waals surface area (Å²) in [5.74, 6) is -0.0131. The van der Waals surface area contributed by atoms with Crippen molar-refractivity contribution in [3.8, 4) is 10.4 Å². The van der Waals surface area contributed by atoms with Crippen LogP contribution in [-0.4, -0.2) is 39.7 Å². The van der Waals surface area contributed by atoms with Crippen molar-refractivity contribution >= 4 is 39.2 Å². The van der Waals surface area contributed by atoms with E-state index in [9.17, 15) is 9.59 Å². The maximum Gasteiger partial charge on any atom is 0.272 e. The Morgan fingerprint density at radius 2 is 1.74 bits per heavy atom. The van der Waals surface area contributed by atoms with Gasteiger partial charge >= 0.3 is 0 Å². The maximum absolute atomic E-state index is 13.5. The van der Waals surface area contributed by atoms with E-state index >= 15 is 0 Å². The van der Waals surface area contributed by atoms with E-state index in [1.165, 1.54) is 23.1 Å². The van der Waals surface area contributed by atoms with Crippen molar-refractivity contribution in [3.63, 3.8) is 0 Å². The molecule has 7 heteroatoms. The fourth-order valence-corrected chi connectivity index (χ4v) is 5.41. The second-order valence-corrected chi connectivity index (χ2v) is 9.82. The van der Waals surface area contributed by atoms with Crippen molar-refractivity contribution in [2.75, 3.05) is 14.1 Å². The molecule has 1 atom stereocenters. The highest BCUT2D eigenvalue weighted by Crippen LogP contribution is 2.33. The summed E-state index contributed by atoms with van der Waals surface area (Å²) >= 11 is 2.79. The Hall–Kier alpha value is -2.90. The monoisotopic (exact) mass is 449 g/mol. The van der Waals surface area contributed by atoms with Crippen LogP contribution in [0.4, 0.5) is 0 Å². The standard InChI is InChI=1S/C24H23N3O2S2/c1-16(22(28)26(2)3)30-24-25-19-14-20(18-12-8-5-9-13-18)31-21(19)23(29)27(24)15-17-10-6-4-7-11-17/h4-14,16H,15H2,1-3H3. The van der Waals surface area contributed by atoms with E-state index in [-0.39, 0.29) is 16.7 Å². The predicted molar refractivity (Wildman–Crippen MR) is 129 cm³/mol. The molecule has 0 bridgehead atoms. The van der Waals surface area contributed by atoms with Gasteiger partial charge in [-0.25, -0.2) is 4.98 Å². The van der Waals surface area contributed by atoms with Crippen molar-refractivity contribution < 1.29 is 4.79 Å². The van der Waals surface area contributed by atoms with Crippen LogP contribution in [0.15, 0.2) is 76.7 Å². The summed E-state index contributed by atoms with van der Waals surface area (Å²) in [6, 6.07) is 21.8. The molecule has 0 saturated heterocycles. The first-order valence-corrected chi connectivity index (χ1v) is 11.6. The van der Waals surface area contributed by atoms with E-state index in [4.69, 9.17) is 4.98 Å². The molecule has 0 fully saturated rings. The van der Waals surface area contributed by atoms with Crippen molar-refractivity contribution in [2.45, 2.75) is 23.9 Å². The van der Waals surface area contributed by atoms with Gasteiger partial charge in [0.05, 0.1) is 17.3 Å². The van der Waals surface area contributed by atoms with Crippen LogP contribution in [0.5, 0.6) is 0 Å². The molecule has 4 rings (SSSR count). The lowest BCUT2D eigenvalue weighted by Gasteiger charge is -2.18. The Bertz CT molecular complexity index is 1260. The van der Waals surface area contributed by atoms with Crippen LogP contribution in [0.2, 0.25) is 0 Å². The molecular weight excluding hydrogens is 426 g/mol. The van der Waals surface area contributed by atoms with Gasteiger partial charge in [0.2, 0.25) is 5.91 Å². The summed E-state index contributed by atoms with van der Waals surface area (Å²) in [7, 11) is 3.47. The fourth-order valence-electron chi connectivity index (χ4n) is 3.30. The highest BCUT2D eigenvalue weighted by Gasteiger charge is 2.22. The number of benzene rings is 2. The number of aromatic nitrogens is 2. The minimum atomic E-state index is -0.353. The Labute approximate surface area is 189 Å². The molecule has 0 N–H and O–H groups in total. The van der Waals surface area contributed by atoms with Crippen LogP contribution in [-0.2, 0) is 11.3 Å². The highest BCUT2D eigenvalue weighted by atomic mass is 32.2. The maximum atomic E-state index is 13.5. The van der Waals surface area contributed by atoms with E-state index in [1.54, 1.807) is 23.6 Å². The van der Waals surface area contributed by atoms with E-state index in [2.05, 4.69) is 0 Å². The number of thiophene rings is 1. The second kappa shape index (κ2) is 9.08. The van der Waals surface area contributed by atoms with Crippen LogP contribution in [0.3, 0.4) is 0 Å². The zero-order valence-corrected chi connectivity index (χ0v) is 19.2. The first-order chi connectivity index (χ1) is 14.9. The molecule has 0 aliphatic heterocycles. The molecule has 2 heterocycles. The van der Waals surface area contributed by atoms with Crippen molar-refractivity contribution in [1.29, 1.82) is 0 Å². The molecule has 1 unspecified atom stereocenters. The zero-order chi connectivity index (χ0) is 22.0. The largest absolute Gasteiger partial charge is 0.348 e. The first kappa shape index (κ1) is 21.3. The Kier molecular flexibility index (Phi) is 6.25. The second-order valence-electron chi connectivity index (χ2n) is 7.46. The third-order valence-electron chi connectivity index (χ3n) is 4.91. The summed E-state index contributed by atoms with van der Waals surface area (Å²) in [5.41, 5.74) is 2.67. The third kappa shape index (κ3) is 4.57. The first-order valence-electron chi connectivity index (χ1n) is 9.95. The summed E-state index contributed by atoms with van der Waals surface area (Å²) in [4.78, 5) is 33.3. The van der Waals surface area contributed by atoms with Crippen molar-refractivity contribution in [1.82, 2.24) is 14.5 Å². The quantitative estimate of drug-likeness (QED) is 0.315. The Balaban J connectivity index is 1.83. The number of hydrogen-bond acceptors (Lipinski definition) is 5. The summed E-state index contributed by atoms with van der Waals surface area (Å²) < 4.78 is 2.32. The molecule has 31 heavy (non-hydrogen) atoms. The Morgan fingerprint density at radius 1 is 1.10 bits per heavy atom. The van der Waals surface area contributed by atoms with Gasteiger partial charge in [-0.1, -0.05) is 72.4 Å². The lowest BCUT2D eigenvalue weighted by molar-refractivity contribution is -0.127. The van der Waals surface area contributed by atoms with Gasteiger partial charge in [0.1, 0.15) is 4.70 Å². The van der Waals surface area contributed by atoms with Gasteiger partial charge in [0.15, 0.2) is 5.16 Å². The van der Waals surface area contributed by atoms with E-state index in [1.807, 2.05) is 73.7 Å². The number of amides is 1. The molecule has 0 aliphatic carbocycles. The van der Waals surface area contributed by atoms with Gasteiger partial charge in [0, 0.05) is 19.0 Å². The lowest BCUT2D eigenvalue weighted by atomic mass is 10.2. The lowest BCUT2D eigenvalue weighted by Crippen LogP contribution is -2.31. The van der Waals surface area contributed by atoms with Gasteiger partial charge in [-0.2, -0.15) is 0 Å². The molecule has 0 radical (unpaired) electrons. The smallest absolute Gasteiger partial charge is 0.272 e. The topological polar surface area (TPSA) is 55.2 Å². The molecule has 4 aromatic rings. The molecule has 2 aromatic carbocycles. The van der Waals surface area contributed by atoms with Gasteiger partial charge in [-0.05, 0) is 24.1 Å².